The van der Waals surface area contributed by atoms with Crippen molar-refractivity contribution in [2.24, 2.45) is 0 Å². The molecule has 0 saturated carbocycles. The molecule has 0 aliphatic rings. The molecule has 0 radical (unpaired) electrons. The number of aryl methyl sites for hydroxylation is 1. The molecule has 3 aromatic heterocycles. The van der Waals surface area contributed by atoms with Crippen LogP contribution in [0.2, 0.25) is 0 Å². The molecule has 0 unspecified atom stereocenters. The van der Waals surface area contributed by atoms with E-state index in [0.717, 1.165) is 33.9 Å². The van der Waals surface area contributed by atoms with Gasteiger partial charge in [-0.3, -0.25) is 0 Å². The molecule has 1 N–H and O–H groups in total. The van der Waals surface area contributed by atoms with Crippen LogP contribution >= 0.6 is 0 Å². The van der Waals surface area contributed by atoms with Crippen molar-refractivity contribution < 1.29 is 4.92 Å². The number of benzene rings is 2. The van der Waals surface area contributed by atoms with Crippen molar-refractivity contribution in [1.29, 1.82) is 0 Å². The lowest BCUT2D eigenvalue weighted by molar-refractivity contribution is -0.387. The Kier molecular flexibility index (Phi) is 4.98. The van der Waals surface area contributed by atoms with Crippen molar-refractivity contribution in [1.82, 2.24) is 35.0 Å². The largest absolute Gasteiger partial charge is 0.409 e. The second-order valence-corrected chi connectivity index (χ2v) is 7.38. The van der Waals surface area contributed by atoms with Crippen LogP contribution in [0.3, 0.4) is 0 Å². The van der Waals surface area contributed by atoms with Crippen LogP contribution in [0.4, 0.5) is 17.3 Å². The van der Waals surface area contributed by atoms with Gasteiger partial charge in [0.2, 0.25) is 12.0 Å². The third-order valence-corrected chi connectivity index (χ3v) is 5.49. The van der Waals surface area contributed by atoms with Gasteiger partial charge in [0.15, 0.2) is 5.82 Å². The Morgan fingerprint density at radius 2 is 1.88 bits per heavy atom. The Morgan fingerprint density at radius 1 is 1.12 bits per heavy atom. The molecule has 11 heteroatoms. The minimum Gasteiger partial charge on any atom is -0.358 e. The van der Waals surface area contributed by atoms with Gasteiger partial charge in [-0.1, -0.05) is 43.3 Å². The van der Waals surface area contributed by atoms with Crippen molar-refractivity contribution in [3.05, 3.63) is 76.7 Å². The lowest BCUT2D eigenvalue weighted by atomic mass is 9.99. The molecule has 33 heavy (non-hydrogen) atoms. The number of nitrogens with one attached hydrogen (secondary N) is 1. The number of nitro groups is 1. The van der Waals surface area contributed by atoms with E-state index in [-0.39, 0.29) is 11.5 Å². The van der Waals surface area contributed by atoms with Crippen LogP contribution in [0.15, 0.2) is 60.9 Å². The molecule has 0 atom stereocenters. The fourth-order valence-corrected chi connectivity index (χ4v) is 3.77. The summed E-state index contributed by atoms with van der Waals surface area (Å²) in [5.41, 5.74) is 4.79. The lowest BCUT2D eigenvalue weighted by Crippen LogP contribution is -2.14. The van der Waals surface area contributed by atoms with Gasteiger partial charge in [0.25, 0.3) is 0 Å². The third kappa shape index (κ3) is 3.55. The monoisotopic (exact) mass is 441 g/mol. The van der Waals surface area contributed by atoms with E-state index in [1.54, 1.807) is 4.40 Å². The summed E-state index contributed by atoms with van der Waals surface area (Å²) in [5.74, 6) is 1.08. The molecule has 0 aliphatic carbocycles. The normalized spacial score (nSPS) is 11.1. The highest BCUT2D eigenvalue weighted by Crippen LogP contribution is 2.33. The van der Waals surface area contributed by atoms with Crippen molar-refractivity contribution in [2.45, 2.75) is 13.3 Å². The van der Waals surface area contributed by atoms with Gasteiger partial charge in [0.1, 0.15) is 5.82 Å². The van der Waals surface area contributed by atoms with Crippen molar-refractivity contribution in [3.8, 4) is 22.5 Å². The third-order valence-electron chi connectivity index (χ3n) is 5.49. The van der Waals surface area contributed by atoms with E-state index in [0.29, 0.717) is 12.2 Å². The number of H-pyrrole nitrogens is 1. The molecular formula is C22H19N9O2. The number of rotatable bonds is 6. The summed E-state index contributed by atoms with van der Waals surface area (Å²) in [6, 6.07) is 17.8. The maximum atomic E-state index is 11.4. The number of aromatic nitrogens is 7. The molecule has 3 heterocycles. The minimum atomic E-state index is -0.512. The van der Waals surface area contributed by atoms with Crippen LogP contribution < -0.4 is 4.90 Å². The average molecular weight is 441 g/mol. The van der Waals surface area contributed by atoms with Crippen molar-refractivity contribution in [3.63, 3.8) is 0 Å². The molecule has 0 spiro atoms. The van der Waals surface area contributed by atoms with Gasteiger partial charge in [0, 0.05) is 30.1 Å². The predicted molar refractivity (Wildman–Crippen MR) is 122 cm³/mol. The maximum absolute atomic E-state index is 11.4. The van der Waals surface area contributed by atoms with Gasteiger partial charge in [-0.25, -0.2) is 14.5 Å². The zero-order chi connectivity index (χ0) is 22.9. The first kappa shape index (κ1) is 20.2. The van der Waals surface area contributed by atoms with Crippen LogP contribution in [0.1, 0.15) is 12.6 Å². The summed E-state index contributed by atoms with van der Waals surface area (Å²) >= 11 is 0. The molecule has 0 bridgehead atoms. The predicted octanol–water partition coefficient (Wildman–Crippen LogP) is 3.81. The number of tetrazole rings is 1. The highest BCUT2D eigenvalue weighted by molar-refractivity contribution is 5.81. The molecule has 5 aromatic rings. The van der Waals surface area contributed by atoms with E-state index in [1.807, 2.05) is 73.5 Å². The topological polar surface area (TPSA) is 131 Å². The number of hydrogen-bond acceptors (Lipinski definition) is 8. The van der Waals surface area contributed by atoms with Gasteiger partial charge in [-0.05, 0) is 50.0 Å². The Balaban J connectivity index is 1.54. The molecule has 0 fully saturated rings. The number of imidazole rings is 1. The molecule has 0 aliphatic heterocycles. The van der Waals surface area contributed by atoms with E-state index in [4.69, 9.17) is 0 Å². The number of nitrogens with zero attached hydrogens (tertiary/aromatic N) is 8. The number of hydrogen-bond donors (Lipinski definition) is 1. The summed E-state index contributed by atoms with van der Waals surface area (Å²) in [7, 11) is 1.91. The number of aromatic amines is 1. The molecule has 2 aromatic carbocycles. The average Bonchev–Trinajstić information content (AvgIpc) is 3.53. The Bertz CT molecular complexity index is 1440. The maximum Gasteiger partial charge on any atom is 0.409 e. The standard InChI is InChI=1S/C22H19N9O2/c1-3-15-12-19(30-13-23-21(31(32)33)22(30)24-15)29(2)16-10-8-14(9-11-16)17-6-4-5-7-18(17)20-25-27-28-26-20/h4-13H,3H2,1-2H3,(H,25,26,27,28). The van der Waals surface area contributed by atoms with Gasteiger partial charge in [0.05, 0.1) is 0 Å². The van der Waals surface area contributed by atoms with E-state index >= 15 is 0 Å². The van der Waals surface area contributed by atoms with Crippen LogP contribution in [-0.2, 0) is 6.42 Å². The minimum absolute atomic E-state index is 0.229. The van der Waals surface area contributed by atoms with Gasteiger partial charge in [-0.2, -0.15) is 0 Å². The summed E-state index contributed by atoms with van der Waals surface area (Å²) in [6.45, 7) is 1.96. The Morgan fingerprint density at radius 3 is 2.55 bits per heavy atom. The van der Waals surface area contributed by atoms with E-state index in [2.05, 4.69) is 30.6 Å². The fourth-order valence-electron chi connectivity index (χ4n) is 3.77. The summed E-state index contributed by atoms with van der Waals surface area (Å²) in [6.07, 6.45) is 2.08. The Hall–Kier alpha value is -4.67. The zero-order valence-electron chi connectivity index (χ0n) is 17.9. The molecule has 0 saturated heterocycles. The second-order valence-electron chi connectivity index (χ2n) is 7.38. The number of anilines is 2. The quantitative estimate of drug-likeness (QED) is 0.311. The SMILES string of the molecule is CCc1cc(N(C)c2ccc(-c3ccccc3-c3nnn[nH]3)cc2)n2cnc([N+](=O)[O-])c2n1. The lowest BCUT2D eigenvalue weighted by Gasteiger charge is -2.21. The van der Waals surface area contributed by atoms with Gasteiger partial charge in [-0.15, -0.1) is 5.10 Å². The highest BCUT2D eigenvalue weighted by atomic mass is 16.6. The summed E-state index contributed by atoms with van der Waals surface area (Å²) < 4.78 is 1.64. The van der Waals surface area contributed by atoms with Crippen LogP contribution in [0.25, 0.3) is 28.2 Å². The molecular weight excluding hydrogens is 422 g/mol. The fraction of sp³-hybridized carbons (Fsp3) is 0.136. The zero-order valence-corrected chi connectivity index (χ0v) is 17.9. The first-order chi connectivity index (χ1) is 16.1. The first-order valence-electron chi connectivity index (χ1n) is 10.3. The van der Waals surface area contributed by atoms with E-state index in [1.165, 1.54) is 6.33 Å². The van der Waals surface area contributed by atoms with E-state index < -0.39 is 4.92 Å². The number of fused-ring (bicyclic) bond motifs is 1. The van der Waals surface area contributed by atoms with E-state index in [9.17, 15) is 10.1 Å². The Labute approximate surface area is 187 Å². The summed E-state index contributed by atoms with van der Waals surface area (Å²) in [4.78, 5) is 21.2. The van der Waals surface area contributed by atoms with Crippen LogP contribution in [0.5, 0.6) is 0 Å². The molecule has 0 amide bonds. The summed E-state index contributed by atoms with van der Waals surface area (Å²) in [5, 5.41) is 25.6. The smallest absolute Gasteiger partial charge is 0.358 e. The molecule has 164 valence electrons. The van der Waals surface area contributed by atoms with Gasteiger partial charge >= 0.3 is 5.82 Å². The second kappa shape index (κ2) is 8.11. The molecule has 11 nitrogen and oxygen atoms in total. The molecule has 5 rings (SSSR count). The first-order valence-corrected chi connectivity index (χ1v) is 10.3. The van der Waals surface area contributed by atoms with Crippen LogP contribution in [-0.4, -0.2) is 47.0 Å². The van der Waals surface area contributed by atoms with Gasteiger partial charge < -0.3 is 15.0 Å². The van der Waals surface area contributed by atoms with Crippen LogP contribution in [0, 0.1) is 10.1 Å². The van der Waals surface area contributed by atoms with Crippen molar-refractivity contribution >= 4 is 23.0 Å². The van der Waals surface area contributed by atoms with Crippen molar-refractivity contribution in [2.75, 3.05) is 11.9 Å². The highest BCUT2D eigenvalue weighted by Gasteiger charge is 2.22.